The van der Waals surface area contributed by atoms with E-state index >= 15 is 0 Å². The molecule has 2 rings (SSSR count). The monoisotopic (exact) mass is 394 g/mol. The van der Waals surface area contributed by atoms with Crippen LogP contribution in [0.3, 0.4) is 0 Å². The number of carbonyl (C=O) groups excluding carboxylic acids is 2. The summed E-state index contributed by atoms with van der Waals surface area (Å²) >= 11 is 12.0. The van der Waals surface area contributed by atoms with E-state index in [4.69, 9.17) is 27.9 Å². The molecule has 0 radical (unpaired) electrons. The second-order valence-corrected chi connectivity index (χ2v) is 6.47. The zero-order chi connectivity index (χ0) is 19.1. The highest BCUT2D eigenvalue weighted by molar-refractivity contribution is 6.43. The van der Waals surface area contributed by atoms with E-state index in [1.54, 1.807) is 30.2 Å². The van der Waals surface area contributed by atoms with E-state index in [1.807, 2.05) is 24.3 Å². The molecule has 138 valence electrons. The predicted molar refractivity (Wildman–Crippen MR) is 104 cm³/mol. The lowest BCUT2D eigenvalue weighted by Crippen LogP contribution is -2.31. The SMILES string of the molecule is COc1ccc(CN(CCC(=O)Nc2cccc(Cl)c2Cl)C(C)=O)cc1. The zero-order valence-electron chi connectivity index (χ0n) is 14.6. The van der Waals surface area contributed by atoms with Crippen molar-refractivity contribution in [1.82, 2.24) is 4.90 Å². The summed E-state index contributed by atoms with van der Waals surface area (Å²) in [7, 11) is 1.60. The third-order valence-corrected chi connectivity index (χ3v) is 4.63. The van der Waals surface area contributed by atoms with E-state index in [0.717, 1.165) is 11.3 Å². The van der Waals surface area contributed by atoms with Gasteiger partial charge in [0.2, 0.25) is 11.8 Å². The second kappa shape index (κ2) is 9.46. The van der Waals surface area contributed by atoms with Gasteiger partial charge in [-0.15, -0.1) is 0 Å². The minimum absolute atomic E-state index is 0.102. The molecule has 1 N–H and O–H groups in total. The summed E-state index contributed by atoms with van der Waals surface area (Å²) in [5, 5.41) is 3.38. The number of hydrogen-bond acceptors (Lipinski definition) is 3. The van der Waals surface area contributed by atoms with Gasteiger partial charge in [0.05, 0.1) is 22.8 Å². The van der Waals surface area contributed by atoms with Gasteiger partial charge in [0, 0.05) is 26.4 Å². The molecule has 2 aromatic carbocycles. The molecule has 0 fully saturated rings. The van der Waals surface area contributed by atoms with Gasteiger partial charge >= 0.3 is 0 Å². The largest absolute Gasteiger partial charge is 0.497 e. The van der Waals surface area contributed by atoms with E-state index in [9.17, 15) is 9.59 Å². The molecule has 0 bridgehead atoms. The lowest BCUT2D eigenvalue weighted by atomic mass is 10.2. The van der Waals surface area contributed by atoms with Crippen LogP contribution in [0.5, 0.6) is 5.75 Å². The van der Waals surface area contributed by atoms with Gasteiger partial charge in [-0.2, -0.15) is 0 Å². The van der Waals surface area contributed by atoms with Crippen LogP contribution in [0.1, 0.15) is 18.9 Å². The average molecular weight is 395 g/mol. The van der Waals surface area contributed by atoms with Crippen LogP contribution in [0.15, 0.2) is 42.5 Å². The first-order valence-corrected chi connectivity index (χ1v) is 8.78. The molecule has 5 nitrogen and oxygen atoms in total. The number of benzene rings is 2. The highest BCUT2D eigenvalue weighted by atomic mass is 35.5. The molecule has 0 atom stereocenters. The van der Waals surface area contributed by atoms with Crippen LogP contribution in [0.2, 0.25) is 10.0 Å². The Bertz CT molecular complexity index is 779. The molecule has 0 aliphatic heterocycles. The number of halogens is 2. The molecular weight excluding hydrogens is 375 g/mol. The molecular formula is C19H20Cl2N2O3. The van der Waals surface area contributed by atoms with Crippen LogP contribution in [0.4, 0.5) is 5.69 Å². The molecule has 0 aromatic heterocycles. The van der Waals surface area contributed by atoms with Crippen LogP contribution in [-0.4, -0.2) is 30.4 Å². The molecule has 2 aromatic rings. The number of hydrogen-bond donors (Lipinski definition) is 1. The lowest BCUT2D eigenvalue weighted by molar-refractivity contribution is -0.129. The van der Waals surface area contributed by atoms with Gasteiger partial charge in [-0.25, -0.2) is 0 Å². The van der Waals surface area contributed by atoms with Crippen LogP contribution >= 0.6 is 23.2 Å². The van der Waals surface area contributed by atoms with E-state index in [1.165, 1.54) is 6.92 Å². The van der Waals surface area contributed by atoms with Crippen LogP contribution in [0.25, 0.3) is 0 Å². The van der Waals surface area contributed by atoms with Gasteiger partial charge in [0.1, 0.15) is 5.75 Å². The van der Waals surface area contributed by atoms with Gasteiger partial charge in [-0.3, -0.25) is 9.59 Å². The summed E-state index contributed by atoms with van der Waals surface area (Å²) in [4.78, 5) is 25.7. The van der Waals surface area contributed by atoms with Crippen molar-refractivity contribution >= 4 is 40.7 Å². The van der Waals surface area contributed by atoms with E-state index in [0.29, 0.717) is 28.8 Å². The van der Waals surface area contributed by atoms with Crippen molar-refractivity contribution in [3.8, 4) is 5.75 Å². The Morgan fingerprint density at radius 3 is 2.42 bits per heavy atom. The minimum Gasteiger partial charge on any atom is -0.497 e. The second-order valence-electron chi connectivity index (χ2n) is 5.69. The number of methoxy groups -OCH3 is 1. The minimum atomic E-state index is -0.241. The van der Waals surface area contributed by atoms with Gasteiger partial charge in [0.25, 0.3) is 0 Å². The van der Waals surface area contributed by atoms with Gasteiger partial charge in [0.15, 0.2) is 0 Å². The van der Waals surface area contributed by atoms with Gasteiger partial charge in [-0.1, -0.05) is 41.4 Å². The van der Waals surface area contributed by atoms with Crippen molar-refractivity contribution in [2.45, 2.75) is 19.9 Å². The number of carbonyl (C=O) groups is 2. The molecule has 0 aliphatic rings. The number of rotatable bonds is 7. The molecule has 0 heterocycles. The summed E-state index contributed by atoms with van der Waals surface area (Å²) in [6.45, 7) is 2.20. The molecule has 0 spiro atoms. The molecule has 2 amide bonds. The molecule has 0 aliphatic carbocycles. The van der Waals surface area contributed by atoms with E-state index in [-0.39, 0.29) is 18.2 Å². The molecule has 26 heavy (non-hydrogen) atoms. The van der Waals surface area contributed by atoms with Crippen molar-refractivity contribution < 1.29 is 14.3 Å². The van der Waals surface area contributed by atoms with Crippen LogP contribution in [-0.2, 0) is 16.1 Å². The fourth-order valence-electron chi connectivity index (χ4n) is 2.35. The Hall–Kier alpha value is -2.24. The summed E-state index contributed by atoms with van der Waals surface area (Å²) in [5.41, 5.74) is 1.41. The topological polar surface area (TPSA) is 58.6 Å². The Morgan fingerprint density at radius 2 is 1.81 bits per heavy atom. The Labute approximate surface area is 162 Å². The van der Waals surface area contributed by atoms with Crippen LogP contribution in [0, 0.1) is 0 Å². The highest BCUT2D eigenvalue weighted by Gasteiger charge is 2.13. The summed E-state index contributed by atoms with van der Waals surface area (Å²) < 4.78 is 5.12. The molecule has 0 unspecified atom stereocenters. The summed E-state index contributed by atoms with van der Waals surface area (Å²) in [6, 6.07) is 12.5. The first-order valence-electron chi connectivity index (χ1n) is 8.03. The maximum absolute atomic E-state index is 12.2. The van der Waals surface area contributed by atoms with Crippen molar-refractivity contribution in [3.05, 3.63) is 58.1 Å². The number of anilines is 1. The Morgan fingerprint density at radius 1 is 1.12 bits per heavy atom. The Kier molecular flexibility index (Phi) is 7.30. The lowest BCUT2D eigenvalue weighted by Gasteiger charge is -2.21. The standard InChI is InChI=1S/C19H20Cl2N2O3/c1-13(24)23(12-14-6-8-15(26-2)9-7-14)11-10-18(25)22-17-5-3-4-16(20)19(17)21/h3-9H,10-12H2,1-2H3,(H,22,25). The normalized spacial score (nSPS) is 10.3. The molecule has 0 saturated heterocycles. The van der Waals surface area contributed by atoms with Crippen molar-refractivity contribution in [2.24, 2.45) is 0 Å². The fraction of sp³-hybridized carbons (Fsp3) is 0.263. The molecule has 0 saturated carbocycles. The maximum Gasteiger partial charge on any atom is 0.226 e. The fourth-order valence-corrected chi connectivity index (χ4v) is 2.70. The molecule has 7 heteroatoms. The van der Waals surface area contributed by atoms with Crippen LogP contribution < -0.4 is 10.1 Å². The summed E-state index contributed by atoms with van der Waals surface area (Å²) in [6.07, 6.45) is 0.151. The number of ether oxygens (including phenoxy) is 1. The predicted octanol–water partition coefficient (Wildman–Crippen LogP) is 4.38. The third-order valence-electron chi connectivity index (χ3n) is 3.81. The highest BCUT2D eigenvalue weighted by Crippen LogP contribution is 2.29. The third kappa shape index (κ3) is 5.64. The Balaban J connectivity index is 1.93. The smallest absolute Gasteiger partial charge is 0.226 e. The summed E-state index contributed by atoms with van der Waals surface area (Å²) in [5.74, 6) is 0.408. The van der Waals surface area contributed by atoms with E-state index < -0.39 is 0 Å². The van der Waals surface area contributed by atoms with Crippen molar-refractivity contribution in [3.63, 3.8) is 0 Å². The van der Waals surface area contributed by atoms with Crippen molar-refractivity contribution in [1.29, 1.82) is 0 Å². The number of nitrogens with one attached hydrogen (secondary N) is 1. The van der Waals surface area contributed by atoms with E-state index in [2.05, 4.69) is 5.32 Å². The quantitative estimate of drug-likeness (QED) is 0.757. The first-order chi connectivity index (χ1) is 12.4. The van der Waals surface area contributed by atoms with Gasteiger partial charge in [-0.05, 0) is 29.8 Å². The number of nitrogens with zero attached hydrogens (tertiary/aromatic N) is 1. The maximum atomic E-state index is 12.2. The average Bonchev–Trinajstić information content (AvgIpc) is 2.62. The van der Waals surface area contributed by atoms with Crippen molar-refractivity contribution in [2.75, 3.05) is 19.0 Å². The zero-order valence-corrected chi connectivity index (χ0v) is 16.1. The first kappa shape index (κ1) is 20.1. The number of amides is 2. The van der Waals surface area contributed by atoms with Gasteiger partial charge < -0.3 is 15.0 Å².